The van der Waals surface area contributed by atoms with Crippen LogP contribution in [-0.4, -0.2) is 50.2 Å². The van der Waals surface area contributed by atoms with Crippen molar-refractivity contribution in [3.63, 3.8) is 0 Å². The molecule has 0 fully saturated rings. The van der Waals surface area contributed by atoms with Crippen molar-refractivity contribution in [2.75, 3.05) is 13.2 Å². The van der Waals surface area contributed by atoms with Crippen molar-refractivity contribution in [1.82, 2.24) is 4.90 Å². The van der Waals surface area contributed by atoms with Crippen LogP contribution in [0.4, 0.5) is 4.79 Å². The third-order valence-corrected chi connectivity index (χ3v) is 12.2. The number of carbonyl (C=O) groups excluding carboxylic acids is 1. The molecule has 1 amide bonds. The first-order valence-electron chi connectivity index (χ1n) is 14.1. The first kappa shape index (κ1) is 29.8. The number of benzene rings is 3. The van der Waals surface area contributed by atoms with E-state index in [1.807, 2.05) is 69.3 Å². The summed E-state index contributed by atoms with van der Waals surface area (Å²) >= 11 is 0. The molecule has 1 heterocycles. The van der Waals surface area contributed by atoms with Crippen LogP contribution in [0.3, 0.4) is 0 Å². The molecule has 1 aliphatic rings. The molecule has 0 aromatic heterocycles. The molecule has 1 aliphatic heterocycles. The van der Waals surface area contributed by atoms with E-state index in [1.54, 1.807) is 4.90 Å². The fourth-order valence-corrected chi connectivity index (χ4v) is 9.91. The van der Waals surface area contributed by atoms with Gasteiger partial charge in [0.1, 0.15) is 5.60 Å². The van der Waals surface area contributed by atoms with Crippen LogP contribution in [0.5, 0.6) is 0 Å². The molecule has 0 spiro atoms. The van der Waals surface area contributed by atoms with E-state index >= 15 is 0 Å². The smallest absolute Gasteiger partial charge is 0.410 e. The number of rotatable bonds is 8. The quantitative estimate of drug-likeness (QED) is 0.240. The van der Waals surface area contributed by atoms with E-state index in [0.717, 1.165) is 5.56 Å². The second-order valence-corrected chi connectivity index (χ2v) is 16.7. The number of hydrogen-bond acceptors (Lipinski definition) is 4. The zero-order valence-corrected chi connectivity index (χ0v) is 25.7. The van der Waals surface area contributed by atoms with Crippen LogP contribution >= 0.6 is 0 Å². The molecule has 4 rings (SSSR count). The summed E-state index contributed by atoms with van der Waals surface area (Å²) in [6.07, 6.45) is 3.49. The molecule has 5 nitrogen and oxygen atoms in total. The lowest BCUT2D eigenvalue weighted by molar-refractivity contribution is -0.00387. The Morgan fingerprint density at radius 2 is 1.32 bits per heavy atom. The summed E-state index contributed by atoms with van der Waals surface area (Å²) in [6, 6.07) is 31.0. The summed E-state index contributed by atoms with van der Waals surface area (Å²) in [5.74, 6) is 0. The first-order chi connectivity index (χ1) is 19.0. The van der Waals surface area contributed by atoms with Gasteiger partial charge in [-0.1, -0.05) is 124 Å². The molecule has 0 N–H and O–H groups in total. The van der Waals surface area contributed by atoms with E-state index in [-0.39, 0.29) is 23.3 Å². The Kier molecular flexibility index (Phi) is 9.34. The van der Waals surface area contributed by atoms with Gasteiger partial charge in [0.15, 0.2) is 0 Å². The Bertz CT molecular complexity index is 1210. The fraction of sp³-hybridized carbons (Fsp3) is 0.382. The fourth-order valence-electron chi connectivity index (χ4n) is 5.29. The molecule has 2 atom stereocenters. The van der Waals surface area contributed by atoms with Gasteiger partial charge >= 0.3 is 6.09 Å². The Morgan fingerprint density at radius 3 is 1.82 bits per heavy atom. The van der Waals surface area contributed by atoms with E-state index in [0.29, 0.717) is 19.8 Å². The van der Waals surface area contributed by atoms with Crippen LogP contribution in [0.2, 0.25) is 5.04 Å². The summed E-state index contributed by atoms with van der Waals surface area (Å²) in [7, 11) is -2.80. The van der Waals surface area contributed by atoms with Crippen molar-refractivity contribution in [2.45, 2.75) is 70.9 Å². The van der Waals surface area contributed by atoms with Crippen LogP contribution in [-0.2, 0) is 20.5 Å². The van der Waals surface area contributed by atoms with Gasteiger partial charge in [-0.05, 0) is 41.7 Å². The molecular formula is C34H43NO4Si. The van der Waals surface area contributed by atoms with Gasteiger partial charge in [0.2, 0.25) is 0 Å². The highest BCUT2D eigenvalue weighted by molar-refractivity contribution is 6.99. The topological polar surface area (TPSA) is 48.0 Å². The van der Waals surface area contributed by atoms with Crippen LogP contribution in [0.15, 0.2) is 103 Å². The Morgan fingerprint density at radius 1 is 0.800 bits per heavy atom. The SMILES string of the molecule is CC(C)(C)OC(=O)N1C[C@H](O[Si](c2ccccc2)(c2ccccc2)C(C)(C)C)C=C[C@H]1COCc1ccccc1. The zero-order valence-electron chi connectivity index (χ0n) is 24.7. The van der Waals surface area contributed by atoms with Gasteiger partial charge in [0, 0.05) is 0 Å². The van der Waals surface area contributed by atoms with Crippen LogP contribution in [0.25, 0.3) is 0 Å². The lowest BCUT2D eigenvalue weighted by Crippen LogP contribution is -2.68. The maximum atomic E-state index is 13.5. The highest BCUT2D eigenvalue weighted by Crippen LogP contribution is 2.38. The van der Waals surface area contributed by atoms with Crippen LogP contribution < -0.4 is 10.4 Å². The minimum atomic E-state index is -2.80. The number of nitrogens with zero attached hydrogens (tertiary/aromatic N) is 1. The van der Waals surface area contributed by atoms with Crippen LogP contribution in [0.1, 0.15) is 47.1 Å². The Hall–Kier alpha value is -3.19. The summed E-state index contributed by atoms with van der Waals surface area (Å²) in [5, 5.41) is 2.24. The average Bonchev–Trinajstić information content (AvgIpc) is 2.92. The van der Waals surface area contributed by atoms with Crippen molar-refractivity contribution in [3.05, 3.63) is 109 Å². The van der Waals surface area contributed by atoms with Gasteiger partial charge in [0.25, 0.3) is 8.32 Å². The number of carbonyl (C=O) groups is 1. The van der Waals surface area contributed by atoms with Crippen molar-refractivity contribution >= 4 is 24.8 Å². The summed E-state index contributed by atoms with van der Waals surface area (Å²) in [6.45, 7) is 13.7. The first-order valence-corrected chi connectivity index (χ1v) is 16.0. The van der Waals surface area contributed by atoms with E-state index in [2.05, 4.69) is 75.4 Å². The Labute approximate surface area is 240 Å². The van der Waals surface area contributed by atoms with Gasteiger partial charge in [-0.3, -0.25) is 4.90 Å². The highest BCUT2D eigenvalue weighted by atomic mass is 28.4. The molecule has 3 aromatic carbocycles. The van der Waals surface area contributed by atoms with Gasteiger partial charge < -0.3 is 13.9 Å². The van der Waals surface area contributed by atoms with Gasteiger partial charge in [0.05, 0.1) is 31.9 Å². The van der Waals surface area contributed by atoms with Crippen molar-refractivity contribution in [2.24, 2.45) is 0 Å². The van der Waals surface area contributed by atoms with Crippen LogP contribution in [0, 0.1) is 0 Å². The van der Waals surface area contributed by atoms with Gasteiger partial charge in [-0.25, -0.2) is 4.79 Å². The molecule has 3 aromatic rings. The number of amides is 1. The number of hydrogen-bond donors (Lipinski definition) is 0. The zero-order chi connectivity index (χ0) is 28.8. The third kappa shape index (κ3) is 7.11. The molecule has 40 heavy (non-hydrogen) atoms. The van der Waals surface area contributed by atoms with E-state index in [4.69, 9.17) is 13.9 Å². The Balaban J connectivity index is 1.65. The minimum Gasteiger partial charge on any atom is -0.444 e. The molecular weight excluding hydrogens is 514 g/mol. The van der Waals surface area contributed by atoms with Crippen molar-refractivity contribution in [1.29, 1.82) is 0 Å². The van der Waals surface area contributed by atoms with Gasteiger partial charge in [-0.2, -0.15) is 0 Å². The molecule has 0 radical (unpaired) electrons. The summed E-state index contributed by atoms with van der Waals surface area (Å²) < 4.78 is 19.2. The van der Waals surface area contributed by atoms with Gasteiger partial charge in [-0.15, -0.1) is 0 Å². The average molecular weight is 558 g/mol. The second-order valence-electron chi connectivity index (χ2n) is 12.4. The van der Waals surface area contributed by atoms with Crippen molar-refractivity contribution < 1.29 is 18.7 Å². The lowest BCUT2D eigenvalue weighted by Gasteiger charge is -2.46. The van der Waals surface area contributed by atoms with E-state index in [1.165, 1.54) is 10.4 Å². The molecule has 0 bridgehead atoms. The maximum Gasteiger partial charge on any atom is 0.410 e. The van der Waals surface area contributed by atoms with Crippen molar-refractivity contribution in [3.8, 4) is 0 Å². The largest absolute Gasteiger partial charge is 0.444 e. The second kappa shape index (κ2) is 12.5. The predicted molar refractivity (Wildman–Crippen MR) is 164 cm³/mol. The van der Waals surface area contributed by atoms with E-state index < -0.39 is 13.9 Å². The normalized spacial score (nSPS) is 18.0. The number of ether oxygens (including phenoxy) is 2. The maximum absolute atomic E-state index is 13.5. The highest BCUT2D eigenvalue weighted by Gasteiger charge is 2.52. The van der Waals surface area contributed by atoms with E-state index in [9.17, 15) is 4.79 Å². The predicted octanol–water partition coefficient (Wildman–Crippen LogP) is 6.32. The third-order valence-electron chi connectivity index (χ3n) is 7.10. The monoisotopic (exact) mass is 557 g/mol. The molecule has 212 valence electrons. The molecule has 0 saturated heterocycles. The molecule has 6 heteroatoms. The molecule has 0 aliphatic carbocycles. The minimum absolute atomic E-state index is 0.171. The lowest BCUT2D eigenvalue weighted by atomic mass is 10.1. The summed E-state index contributed by atoms with van der Waals surface area (Å²) in [4.78, 5) is 15.2. The standard InChI is InChI=1S/C34H43NO4Si/c1-33(2,3)38-32(36)35-24-29(23-22-28(35)26-37-25-27-16-10-7-11-17-27)39-40(34(4,5)6,30-18-12-8-13-19-30)31-20-14-9-15-21-31/h7-23,28-29H,24-26H2,1-6H3/t28-,29+/m0/s1. The molecule has 0 unspecified atom stereocenters. The summed E-state index contributed by atoms with van der Waals surface area (Å²) in [5.41, 5.74) is 0.487. The molecule has 0 saturated carbocycles.